The van der Waals surface area contributed by atoms with Crippen molar-refractivity contribution in [2.75, 3.05) is 13.1 Å². The fourth-order valence-corrected chi connectivity index (χ4v) is 5.78. The van der Waals surface area contributed by atoms with Crippen molar-refractivity contribution in [1.82, 2.24) is 35.1 Å². The Morgan fingerprint density at radius 2 is 2.06 bits per heavy atom. The lowest BCUT2D eigenvalue weighted by atomic mass is 9.99. The molecule has 1 aliphatic heterocycles. The Bertz CT molecular complexity index is 1160. The van der Waals surface area contributed by atoms with Gasteiger partial charge in [0.05, 0.1) is 11.9 Å². The third-order valence-corrected chi connectivity index (χ3v) is 7.63. The Hall–Kier alpha value is -2.43. The molecule has 1 saturated heterocycles. The molecular formula is C22H27N7OS2. The first-order chi connectivity index (χ1) is 15.7. The van der Waals surface area contributed by atoms with Gasteiger partial charge in [-0.3, -0.25) is 4.90 Å². The van der Waals surface area contributed by atoms with Crippen LogP contribution in [0.5, 0.6) is 5.88 Å². The predicted molar refractivity (Wildman–Crippen MR) is 127 cm³/mol. The summed E-state index contributed by atoms with van der Waals surface area (Å²) in [6, 6.07) is 4.19. The van der Waals surface area contributed by atoms with Gasteiger partial charge < -0.3 is 4.74 Å². The molecule has 168 valence electrons. The van der Waals surface area contributed by atoms with Crippen LogP contribution in [-0.2, 0) is 19.7 Å². The van der Waals surface area contributed by atoms with E-state index in [4.69, 9.17) is 14.7 Å². The van der Waals surface area contributed by atoms with Gasteiger partial charge in [0.25, 0.3) is 0 Å². The van der Waals surface area contributed by atoms with Crippen LogP contribution in [0.1, 0.15) is 44.8 Å². The van der Waals surface area contributed by atoms with E-state index in [1.165, 1.54) is 17.7 Å². The van der Waals surface area contributed by atoms with Gasteiger partial charge in [0.1, 0.15) is 10.7 Å². The topological polar surface area (TPSA) is 81.8 Å². The van der Waals surface area contributed by atoms with Crippen LogP contribution < -0.4 is 4.74 Å². The summed E-state index contributed by atoms with van der Waals surface area (Å²) in [5.74, 6) is 2.94. The van der Waals surface area contributed by atoms with Crippen molar-refractivity contribution in [3.8, 4) is 16.3 Å². The molecule has 32 heavy (non-hydrogen) atoms. The Kier molecular flexibility index (Phi) is 6.42. The summed E-state index contributed by atoms with van der Waals surface area (Å²) >= 11 is 3.36. The zero-order chi connectivity index (χ0) is 21.9. The first-order valence-corrected chi connectivity index (χ1v) is 12.9. The molecule has 4 aromatic heterocycles. The molecule has 1 aliphatic rings. The Balaban J connectivity index is 1.47. The van der Waals surface area contributed by atoms with Crippen molar-refractivity contribution in [3.05, 3.63) is 34.5 Å². The number of hydrogen-bond donors (Lipinski definition) is 0. The minimum Gasteiger partial charge on any atom is -0.469 e. The molecule has 0 bridgehead atoms. The lowest BCUT2D eigenvalue weighted by Gasteiger charge is -2.29. The van der Waals surface area contributed by atoms with Crippen LogP contribution in [0.15, 0.2) is 22.9 Å². The quantitative estimate of drug-likeness (QED) is 0.372. The summed E-state index contributed by atoms with van der Waals surface area (Å²) in [7, 11) is 0. The van der Waals surface area contributed by atoms with E-state index in [0.29, 0.717) is 11.7 Å². The maximum atomic E-state index is 6.27. The molecule has 0 saturated carbocycles. The van der Waals surface area contributed by atoms with Gasteiger partial charge in [-0.1, -0.05) is 19.9 Å². The standard InChI is InChI=1S/C22H27N7OS2/c1-3-8-29-19(25-26-27-29)13-30-21-20-16(17-5-4-11-31-17)14-32-22(20)24-18(23-21)12-28-9-6-15(2)7-10-28/h4-5,11,14-15H,3,6-10,12-13H2,1-2H3. The van der Waals surface area contributed by atoms with Crippen LogP contribution in [0.3, 0.4) is 0 Å². The number of likely N-dealkylation sites (tertiary alicyclic amines) is 1. The SMILES string of the molecule is CCCn1nnnc1COc1nc(CN2CCC(C)CC2)nc2scc(-c3cccs3)c12. The minimum atomic E-state index is 0.277. The highest BCUT2D eigenvalue weighted by Crippen LogP contribution is 2.40. The third kappa shape index (κ3) is 4.53. The Labute approximate surface area is 195 Å². The maximum absolute atomic E-state index is 6.27. The fraction of sp³-hybridized carbons (Fsp3) is 0.500. The molecule has 0 radical (unpaired) electrons. The lowest BCUT2D eigenvalue weighted by molar-refractivity contribution is 0.180. The summed E-state index contributed by atoms with van der Waals surface area (Å²) in [6.07, 6.45) is 3.42. The van der Waals surface area contributed by atoms with Gasteiger partial charge in [-0.05, 0) is 60.1 Å². The van der Waals surface area contributed by atoms with Crippen LogP contribution in [-0.4, -0.2) is 48.2 Å². The molecule has 8 nitrogen and oxygen atoms in total. The fourth-order valence-electron chi connectivity index (χ4n) is 4.01. The van der Waals surface area contributed by atoms with Crippen molar-refractivity contribution >= 4 is 32.9 Å². The number of hydrogen-bond acceptors (Lipinski definition) is 9. The van der Waals surface area contributed by atoms with Gasteiger partial charge >= 0.3 is 0 Å². The third-order valence-electron chi connectivity index (χ3n) is 5.85. The molecule has 0 atom stereocenters. The number of piperidine rings is 1. The van der Waals surface area contributed by atoms with E-state index in [2.05, 4.69) is 57.2 Å². The predicted octanol–water partition coefficient (Wildman–Crippen LogP) is 4.63. The zero-order valence-corrected chi connectivity index (χ0v) is 20.0. The minimum absolute atomic E-state index is 0.277. The zero-order valence-electron chi connectivity index (χ0n) is 18.4. The van der Waals surface area contributed by atoms with Gasteiger partial charge in [-0.15, -0.1) is 27.8 Å². The number of fused-ring (bicyclic) bond motifs is 1. The molecule has 0 amide bonds. The van der Waals surface area contributed by atoms with Gasteiger partial charge in [0.15, 0.2) is 12.4 Å². The first-order valence-electron chi connectivity index (χ1n) is 11.1. The highest BCUT2D eigenvalue weighted by Gasteiger charge is 2.21. The molecule has 1 fully saturated rings. The second-order valence-electron chi connectivity index (χ2n) is 8.32. The maximum Gasteiger partial charge on any atom is 0.226 e. The number of aromatic nitrogens is 6. The van der Waals surface area contributed by atoms with E-state index < -0.39 is 0 Å². The van der Waals surface area contributed by atoms with E-state index in [0.717, 1.165) is 60.1 Å². The number of nitrogens with zero attached hydrogens (tertiary/aromatic N) is 7. The monoisotopic (exact) mass is 469 g/mol. The molecule has 0 N–H and O–H groups in total. The Morgan fingerprint density at radius 3 is 2.84 bits per heavy atom. The van der Waals surface area contributed by atoms with Crippen molar-refractivity contribution < 1.29 is 4.74 Å². The summed E-state index contributed by atoms with van der Waals surface area (Å²) in [4.78, 5) is 14.4. The molecule has 0 unspecified atom stereocenters. The summed E-state index contributed by atoms with van der Waals surface area (Å²) in [6.45, 7) is 8.41. The van der Waals surface area contributed by atoms with Crippen LogP contribution in [0.25, 0.3) is 20.7 Å². The molecule has 0 spiro atoms. The number of ether oxygens (including phenoxy) is 1. The summed E-state index contributed by atoms with van der Waals surface area (Å²) in [5.41, 5.74) is 1.13. The normalized spacial score (nSPS) is 15.6. The summed E-state index contributed by atoms with van der Waals surface area (Å²) < 4.78 is 8.07. The van der Waals surface area contributed by atoms with Crippen LogP contribution in [0.4, 0.5) is 0 Å². The second-order valence-corrected chi connectivity index (χ2v) is 10.1. The van der Waals surface area contributed by atoms with Gasteiger partial charge in [-0.2, -0.15) is 4.98 Å². The smallest absolute Gasteiger partial charge is 0.226 e. The Morgan fingerprint density at radius 1 is 1.19 bits per heavy atom. The van der Waals surface area contributed by atoms with Gasteiger partial charge in [0.2, 0.25) is 5.88 Å². The number of aryl methyl sites for hydroxylation is 1. The molecule has 0 aliphatic carbocycles. The van der Waals surface area contributed by atoms with Crippen molar-refractivity contribution in [2.45, 2.75) is 52.8 Å². The largest absolute Gasteiger partial charge is 0.469 e. The van der Waals surface area contributed by atoms with E-state index in [1.54, 1.807) is 27.4 Å². The van der Waals surface area contributed by atoms with Gasteiger partial charge in [0, 0.05) is 22.4 Å². The lowest BCUT2D eigenvalue weighted by Crippen LogP contribution is -2.32. The van der Waals surface area contributed by atoms with E-state index >= 15 is 0 Å². The van der Waals surface area contributed by atoms with Gasteiger partial charge in [-0.25, -0.2) is 9.67 Å². The highest BCUT2D eigenvalue weighted by atomic mass is 32.1. The average Bonchev–Trinajstić information content (AvgIpc) is 3.55. The number of tetrazole rings is 1. The van der Waals surface area contributed by atoms with E-state index in [9.17, 15) is 0 Å². The van der Waals surface area contributed by atoms with Crippen molar-refractivity contribution in [2.24, 2.45) is 5.92 Å². The summed E-state index contributed by atoms with van der Waals surface area (Å²) in [5, 5.41) is 17.2. The average molecular weight is 470 g/mol. The molecular weight excluding hydrogens is 442 g/mol. The van der Waals surface area contributed by atoms with Crippen LogP contribution in [0.2, 0.25) is 0 Å². The second kappa shape index (κ2) is 9.60. The van der Waals surface area contributed by atoms with Crippen molar-refractivity contribution in [1.29, 1.82) is 0 Å². The molecule has 5 rings (SSSR count). The number of rotatable bonds is 8. The van der Waals surface area contributed by atoms with Crippen LogP contribution >= 0.6 is 22.7 Å². The molecule has 10 heteroatoms. The van der Waals surface area contributed by atoms with E-state index in [1.807, 2.05) is 0 Å². The van der Waals surface area contributed by atoms with E-state index in [-0.39, 0.29) is 6.61 Å². The molecule has 5 heterocycles. The van der Waals surface area contributed by atoms with Crippen LogP contribution in [0, 0.1) is 5.92 Å². The molecule has 0 aromatic carbocycles. The highest BCUT2D eigenvalue weighted by molar-refractivity contribution is 7.18. The molecule has 4 aromatic rings. The first kappa shape index (κ1) is 21.4. The number of thiophene rings is 2. The van der Waals surface area contributed by atoms with Crippen molar-refractivity contribution in [3.63, 3.8) is 0 Å².